The summed E-state index contributed by atoms with van der Waals surface area (Å²) < 4.78 is 11.4. The van der Waals surface area contributed by atoms with Crippen LogP contribution in [0.1, 0.15) is 57.4 Å². The molecule has 0 saturated heterocycles. The second-order valence-electron chi connectivity index (χ2n) is 8.42. The van der Waals surface area contributed by atoms with Crippen LogP contribution in [0.4, 0.5) is 0 Å². The van der Waals surface area contributed by atoms with Crippen LogP contribution >= 0.6 is 12.4 Å². The number of ether oxygens (including phenoxy) is 2. The molecule has 1 amide bonds. The smallest absolute Gasteiger partial charge is 0.244 e. The number of nitrogens with one attached hydrogen (secondary N) is 1. The molecule has 0 aromatic heterocycles. The van der Waals surface area contributed by atoms with E-state index >= 15 is 0 Å². The van der Waals surface area contributed by atoms with Gasteiger partial charge in [-0.2, -0.15) is 0 Å². The topological polar surface area (TPSA) is 50.8 Å². The number of rotatable bonds is 11. The van der Waals surface area contributed by atoms with E-state index in [-0.39, 0.29) is 18.3 Å². The molecule has 0 aliphatic heterocycles. The monoisotopic (exact) mass is 438 g/mol. The average molecular weight is 439 g/mol. The zero-order chi connectivity index (χ0) is 21.1. The van der Waals surface area contributed by atoms with E-state index in [9.17, 15) is 4.79 Å². The fourth-order valence-electron chi connectivity index (χ4n) is 3.62. The van der Waals surface area contributed by atoms with Gasteiger partial charge in [-0.05, 0) is 95.3 Å². The molecule has 0 unspecified atom stereocenters. The van der Waals surface area contributed by atoms with Crippen LogP contribution in [0.3, 0.4) is 0 Å². The van der Waals surface area contributed by atoms with E-state index < -0.39 is 0 Å². The summed E-state index contributed by atoms with van der Waals surface area (Å²) in [5.41, 5.74) is 0.924. The summed E-state index contributed by atoms with van der Waals surface area (Å²) in [7, 11) is 5.83. The van der Waals surface area contributed by atoms with Crippen LogP contribution in [0.25, 0.3) is 6.08 Å². The molecule has 1 fully saturated rings. The number of hydrogen-bond donors (Lipinski definition) is 1. The first-order chi connectivity index (χ1) is 14.0. The number of halogens is 1. The molecular formula is C24H39ClN2O3. The van der Waals surface area contributed by atoms with E-state index in [4.69, 9.17) is 9.47 Å². The summed E-state index contributed by atoms with van der Waals surface area (Å²) in [4.78, 5) is 14.4. The Balaban J connectivity index is 0.00000450. The van der Waals surface area contributed by atoms with Gasteiger partial charge < -0.3 is 19.7 Å². The van der Waals surface area contributed by atoms with Crippen molar-refractivity contribution >= 4 is 24.4 Å². The van der Waals surface area contributed by atoms with Crippen molar-refractivity contribution < 1.29 is 14.3 Å². The minimum Gasteiger partial charge on any atom is -0.493 e. The third-order valence-electron chi connectivity index (χ3n) is 5.48. The SMILES string of the molecule is COc1cc(C=CC(=O)NC2CCC(C)CC2)ccc1OCCCCCN(C)C.Cl. The van der Waals surface area contributed by atoms with Crippen LogP contribution in [0.5, 0.6) is 11.5 Å². The lowest BCUT2D eigenvalue weighted by Crippen LogP contribution is -2.36. The van der Waals surface area contributed by atoms with Gasteiger partial charge in [-0.3, -0.25) is 4.79 Å². The highest BCUT2D eigenvalue weighted by atomic mass is 35.5. The lowest BCUT2D eigenvalue weighted by molar-refractivity contribution is -0.117. The Morgan fingerprint density at radius 2 is 1.87 bits per heavy atom. The molecule has 1 aliphatic carbocycles. The minimum atomic E-state index is -0.0263. The number of hydrogen-bond acceptors (Lipinski definition) is 4. The van der Waals surface area contributed by atoms with Gasteiger partial charge in [-0.15, -0.1) is 12.4 Å². The van der Waals surface area contributed by atoms with E-state index in [1.165, 1.54) is 19.3 Å². The number of amides is 1. The van der Waals surface area contributed by atoms with Crippen LogP contribution in [0.15, 0.2) is 24.3 Å². The molecule has 1 saturated carbocycles. The van der Waals surface area contributed by atoms with Crippen molar-refractivity contribution in [2.24, 2.45) is 5.92 Å². The van der Waals surface area contributed by atoms with Gasteiger partial charge >= 0.3 is 0 Å². The maximum Gasteiger partial charge on any atom is 0.244 e. The molecule has 1 N–H and O–H groups in total. The molecule has 1 aliphatic rings. The molecule has 5 nitrogen and oxygen atoms in total. The van der Waals surface area contributed by atoms with Crippen molar-refractivity contribution in [1.82, 2.24) is 10.2 Å². The number of methoxy groups -OCH3 is 1. The molecule has 0 heterocycles. The van der Waals surface area contributed by atoms with E-state index in [1.807, 2.05) is 24.3 Å². The summed E-state index contributed by atoms with van der Waals surface area (Å²) in [5, 5.41) is 3.12. The Labute approximate surface area is 188 Å². The third kappa shape index (κ3) is 9.86. The van der Waals surface area contributed by atoms with E-state index in [1.54, 1.807) is 13.2 Å². The molecule has 30 heavy (non-hydrogen) atoms. The highest BCUT2D eigenvalue weighted by Crippen LogP contribution is 2.29. The third-order valence-corrected chi connectivity index (χ3v) is 5.48. The number of carbonyl (C=O) groups excluding carboxylic acids is 1. The summed E-state index contributed by atoms with van der Waals surface area (Å²) in [6.45, 7) is 4.07. The Hall–Kier alpha value is -1.72. The van der Waals surface area contributed by atoms with Crippen molar-refractivity contribution in [1.29, 1.82) is 0 Å². The van der Waals surface area contributed by atoms with Gasteiger partial charge in [0.25, 0.3) is 0 Å². The number of carbonyl (C=O) groups is 1. The van der Waals surface area contributed by atoms with Crippen molar-refractivity contribution in [3.63, 3.8) is 0 Å². The second kappa shape index (κ2) is 14.3. The molecule has 1 aromatic carbocycles. The molecule has 170 valence electrons. The zero-order valence-electron chi connectivity index (χ0n) is 19.0. The lowest BCUT2D eigenvalue weighted by Gasteiger charge is -2.26. The maximum absolute atomic E-state index is 12.2. The number of unbranched alkanes of at least 4 members (excludes halogenated alkanes) is 2. The van der Waals surface area contributed by atoms with Crippen molar-refractivity contribution in [3.8, 4) is 11.5 Å². The summed E-state index contributed by atoms with van der Waals surface area (Å²) in [6, 6.07) is 6.09. The van der Waals surface area contributed by atoms with Crippen LogP contribution in [0.2, 0.25) is 0 Å². The van der Waals surface area contributed by atoms with Gasteiger partial charge in [0.15, 0.2) is 11.5 Å². The summed E-state index contributed by atoms with van der Waals surface area (Å²) >= 11 is 0. The molecule has 0 spiro atoms. The first-order valence-electron chi connectivity index (χ1n) is 10.9. The average Bonchev–Trinajstić information content (AvgIpc) is 2.71. The Morgan fingerprint density at radius 1 is 1.13 bits per heavy atom. The van der Waals surface area contributed by atoms with Gasteiger partial charge in [0.2, 0.25) is 5.91 Å². The first-order valence-corrected chi connectivity index (χ1v) is 10.9. The van der Waals surface area contributed by atoms with Crippen molar-refractivity contribution in [2.75, 3.05) is 34.4 Å². The van der Waals surface area contributed by atoms with Crippen molar-refractivity contribution in [3.05, 3.63) is 29.8 Å². The molecular weight excluding hydrogens is 400 g/mol. The lowest BCUT2D eigenvalue weighted by atomic mass is 9.87. The summed E-state index contributed by atoms with van der Waals surface area (Å²) in [5.74, 6) is 2.20. The number of nitrogens with zero attached hydrogens (tertiary/aromatic N) is 1. The Kier molecular flexibility index (Phi) is 12.6. The van der Waals surface area contributed by atoms with Gasteiger partial charge in [-0.25, -0.2) is 0 Å². The van der Waals surface area contributed by atoms with Gasteiger partial charge in [0.1, 0.15) is 0 Å². The zero-order valence-corrected chi connectivity index (χ0v) is 19.8. The molecule has 6 heteroatoms. The van der Waals surface area contributed by atoms with E-state index in [0.717, 1.165) is 49.5 Å². The van der Waals surface area contributed by atoms with E-state index in [2.05, 4.69) is 31.2 Å². The van der Waals surface area contributed by atoms with E-state index in [0.29, 0.717) is 18.4 Å². The molecule has 0 atom stereocenters. The van der Waals surface area contributed by atoms with Crippen LogP contribution in [-0.4, -0.2) is 51.2 Å². The van der Waals surface area contributed by atoms with Gasteiger partial charge in [0, 0.05) is 12.1 Å². The molecule has 0 radical (unpaired) electrons. The van der Waals surface area contributed by atoms with Crippen molar-refractivity contribution in [2.45, 2.75) is 57.9 Å². The Morgan fingerprint density at radius 3 is 2.53 bits per heavy atom. The van der Waals surface area contributed by atoms with Crippen LogP contribution in [-0.2, 0) is 4.79 Å². The predicted octanol–water partition coefficient (Wildman–Crippen LogP) is 4.94. The minimum absolute atomic E-state index is 0. The van der Waals surface area contributed by atoms with Crippen LogP contribution in [0, 0.1) is 5.92 Å². The Bertz CT molecular complexity index is 656. The maximum atomic E-state index is 12.2. The fraction of sp³-hybridized carbons (Fsp3) is 0.625. The largest absolute Gasteiger partial charge is 0.493 e. The second-order valence-corrected chi connectivity index (χ2v) is 8.42. The molecule has 2 rings (SSSR count). The normalized spacial score (nSPS) is 18.8. The predicted molar refractivity (Wildman–Crippen MR) is 127 cm³/mol. The highest BCUT2D eigenvalue weighted by molar-refractivity contribution is 5.92. The molecule has 1 aromatic rings. The number of benzene rings is 1. The quantitative estimate of drug-likeness (QED) is 0.393. The fourth-order valence-corrected chi connectivity index (χ4v) is 3.62. The van der Waals surface area contributed by atoms with Crippen LogP contribution < -0.4 is 14.8 Å². The first kappa shape index (κ1) is 26.3. The molecule has 0 bridgehead atoms. The van der Waals surface area contributed by atoms with Gasteiger partial charge in [0.05, 0.1) is 13.7 Å². The standard InChI is InChI=1S/C24H38N2O3.ClH/c1-19-8-12-21(13-9-19)25-24(27)15-11-20-10-14-22(23(18-20)28-4)29-17-7-5-6-16-26(2)3;/h10-11,14-15,18-19,21H,5-9,12-13,16-17H2,1-4H3,(H,25,27);1H. The summed E-state index contributed by atoms with van der Waals surface area (Å²) in [6.07, 6.45) is 11.3. The van der Waals surface area contributed by atoms with Gasteiger partial charge in [-0.1, -0.05) is 13.0 Å². The highest BCUT2D eigenvalue weighted by Gasteiger charge is 2.18.